The Morgan fingerprint density at radius 2 is 1.86 bits per heavy atom. The van der Waals surface area contributed by atoms with Crippen LogP contribution in [0.4, 0.5) is 20.5 Å². The van der Waals surface area contributed by atoms with E-state index < -0.39 is 60.7 Å². The molecule has 0 aliphatic carbocycles. The molecular weight excluding hydrogens is 629 g/mol. The number of halogens is 2. The quantitative estimate of drug-likeness (QED) is 0.219. The van der Waals surface area contributed by atoms with Crippen LogP contribution >= 0.6 is 6.72 Å². The van der Waals surface area contributed by atoms with Gasteiger partial charge in [-0.3, -0.25) is 23.4 Å². The standard InChI is InChI=1S/C23H25F2N10O7PS/c1-22-3-2-9-23(24,25)14(20(40-9)35-7-31-12-17(35)32-21(27)33-18(12)36)42-43(37,44)38-4-8-10(22)13(41-22)19(39-8)34-6-30-11-15(26)28-5-29-16(11)34/h5-10,13-14,19-20H,2-4H2,1H3,(H,37,44)(H2,26,28,29)(H3,27,32,33,36)/t8-,9?,10-,13-,14+,19-,20-,22?,43?/m1/s1. The molecule has 0 aromatic carbocycles. The Bertz CT molecular complexity index is 1920. The molecule has 0 amide bonds. The molecule has 4 aliphatic rings. The van der Waals surface area contributed by atoms with E-state index in [1.165, 1.54) is 12.7 Å². The molecule has 6 N–H and O–H groups in total. The van der Waals surface area contributed by atoms with Gasteiger partial charge in [-0.2, -0.15) is 4.98 Å². The zero-order valence-corrected chi connectivity index (χ0v) is 24.4. The van der Waals surface area contributed by atoms with Gasteiger partial charge in [0.25, 0.3) is 5.56 Å². The molecule has 2 bridgehead atoms. The summed E-state index contributed by atoms with van der Waals surface area (Å²) in [6, 6.07) is 0. The first-order chi connectivity index (χ1) is 20.9. The average Bonchev–Trinajstić information content (AvgIpc) is 3.69. The van der Waals surface area contributed by atoms with Crippen LogP contribution in [0.2, 0.25) is 0 Å². The van der Waals surface area contributed by atoms with Crippen molar-refractivity contribution >= 4 is 52.6 Å². The number of ether oxygens (including phenoxy) is 3. The minimum Gasteiger partial charge on any atom is -0.382 e. The molecule has 4 fully saturated rings. The van der Waals surface area contributed by atoms with Gasteiger partial charge in [-0.25, -0.2) is 28.7 Å². The highest BCUT2D eigenvalue weighted by Gasteiger charge is 2.67. The largest absolute Gasteiger partial charge is 0.382 e. The number of rotatable bonds is 2. The lowest BCUT2D eigenvalue weighted by molar-refractivity contribution is -0.259. The number of imidazole rings is 2. The van der Waals surface area contributed by atoms with E-state index in [9.17, 15) is 9.69 Å². The van der Waals surface area contributed by atoms with E-state index in [0.29, 0.717) is 11.2 Å². The number of aromatic amines is 1. The third-order valence-electron chi connectivity index (χ3n) is 8.77. The number of hydrogen-bond donors (Lipinski definition) is 4. The Morgan fingerprint density at radius 1 is 1.11 bits per heavy atom. The van der Waals surface area contributed by atoms with E-state index in [4.69, 9.17) is 46.5 Å². The average molecular weight is 655 g/mol. The number of aromatic nitrogens is 8. The maximum absolute atomic E-state index is 16.1. The first-order valence-electron chi connectivity index (χ1n) is 13.5. The summed E-state index contributed by atoms with van der Waals surface area (Å²) in [5, 5.41) is 0. The summed E-state index contributed by atoms with van der Waals surface area (Å²) < 4.78 is 64.6. The van der Waals surface area contributed by atoms with Gasteiger partial charge in [-0.05, 0) is 31.6 Å². The number of nitrogens with zero attached hydrogens (tertiary/aromatic N) is 7. The summed E-state index contributed by atoms with van der Waals surface area (Å²) >= 11 is 5.21. The Morgan fingerprint density at radius 3 is 2.66 bits per heavy atom. The second-order valence-corrected chi connectivity index (χ2v) is 14.2. The first kappa shape index (κ1) is 28.3. The van der Waals surface area contributed by atoms with E-state index in [1.54, 1.807) is 11.5 Å². The molecule has 234 valence electrons. The lowest BCUT2D eigenvalue weighted by atomic mass is 9.72. The predicted octanol–water partition coefficient (Wildman–Crippen LogP) is 0.740. The van der Waals surface area contributed by atoms with Gasteiger partial charge in [0, 0.05) is 5.92 Å². The Kier molecular flexibility index (Phi) is 6.03. The van der Waals surface area contributed by atoms with Crippen molar-refractivity contribution in [1.82, 2.24) is 39.0 Å². The second kappa shape index (κ2) is 9.39. The zero-order chi connectivity index (χ0) is 30.8. The fourth-order valence-electron chi connectivity index (χ4n) is 6.75. The van der Waals surface area contributed by atoms with E-state index in [1.807, 2.05) is 0 Å². The van der Waals surface area contributed by atoms with Crippen molar-refractivity contribution in [2.45, 2.75) is 68.2 Å². The van der Waals surface area contributed by atoms with Crippen molar-refractivity contribution in [2.24, 2.45) is 5.92 Å². The lowest BCUT2D eigenvalue weighted by Crippen LogP contribution is -2.61. The zero-order valence-electron chi connectivity index (χ0n) is 22.7. The molecule has 8 heterocycles. The van der Waals surface area contributed by atoms with Gasteiger partial charge in [-0.15, -0.1) is 0 Å². The smallest absolute Gasteiger partial charge is 0.325 e. The molecule has 4 saturated heterocycles. The summed E-state index contributed by atoms with van der Waals surface area (Å²) in [5.41, 5.74) is 10.6. The van der Waals surface area contributed by atoms with Crippen molar-refractivity contribution < 1.29 is 36.9 Å². The number of fused-ring (bicyclic) bond motifs is 4. The highest BCUT2D eigenvalue weighted by Crippen LogP contribution is 2.59. The molecular formula is C23H25F2N10O7PS. The summed E-state index contributed by atoms with van der Waals surface area (Å²) in [5.74, 6) is -4.06. The second-order valence-electron chi connectivity index (χ2n) is 11.4. The van der Waals surface area contributed by atoms with Gasteiger partial charge in [-0.1, -0.05) is 0 Å². The Hall–Kier alpha value is -3.23. The van der Waals surface area contributed by atoms with E-state index in [0.717, 1.165) is 10.9 Å². The van der Waals surface area contributed by atoms with Crippen LogP contribution in [0.1, 0.15) is 32.2 Å². The summed E-state index contributed by atoms with van der Waals surface area (Å²) in [4.78, 5) is 46.3. The molecule has 4 aromatic heterocycles. The van der Waals surface area contributed by atoms with Gasteiger partial charge in [0.1, 0.15) is 24.1 Å². The minimum absolute atomic E-state index is 0.108. The van der Waals surface area contributed by atoms with Crippen molar-refractivity contribution in [2.75, 3.05) is 18.1 Å². The number of alkyl halides is 2. The monoisotopic (exact) mass is 654 g/mol. The third-order valence-corrected chi connectivity index (χ3v) is 10.3. The highest BCUT2D eigenvalue weighted by atomic mass is 32.5. The SMILES string of the molecule is CC12CCC3O[C@@H](n4cnc5c(=O)[nH]c(N)nc54)[C@H](OP(O)(=S)OC[C@H]4O[C@@H](n5cnc6c(N)ncnc65)[C@H](O1)[C@@H]42)C3(F)F. The predicted molar refractivity (Wildman–Crippen MR) is 148 cm³/mol. The molecule has 8 rings (SSSR count). The van der Waals surface area contributed by atoms with E-state index >= 15 is 8.78 Å². The van der Waals surface area contributed by atoms with Crippen molar-refractivity contribution in [3.63, 3.8) is 0 Å². The van der Waals surface area contributed by atoms with Crippen LogP contribution in [0.5, 0.6) is 0 Å². The lowest BCUT2D eigenvalue weighted by Gasteiger charge is -2.52. The van der Waals surface area contributed by atoms with Crippen molar-refractivity contribution in [1.29, 1.82) is 0 Å². The maximum atomic E-state index is 16.1. The van der Waals surface area contributed by atoms with Gasteiger partial charge < -0.3 is 35.1 Å². The molecule has 4 aliphatic heterocycles. The first-order valence-corrected chi connectivity index (χ1v) is 16.1. The number of H-pyrrole nitrogens is 1. The number of nitrogens with one attached hydrogen (secondary N) is 1. The van der Waals surface area contributed by atoms with Crippen molar-refractivity contribution in [3.05, 3.63) is 29.3 Å². The molecule has 9 atom stereocenters. The molecule has 4 aromatic rings. The topological polar surface area (TPSA) is 226 Å². The van der Waals surface area contributed by atoms with Gasteiger partial charge in [0.05, 0.1) is 31.0 Å². The van der Waals surface area contributed by atoms with Crippen LogP contribution in [0.15, 0.2) is 23.8 Å². The number of hydrogen-bond acceptors (Lipinski definition) is 14. The third kappa shape index (κ3) is 4.06. The molecule has 3 unspecified atom stereocenters. The maximum Gasteiger partial charge on any atom is 0.325 e. The van der Waals surface area contributed by atoms with Crippen LogP contribution < -0.4 is 17.0 Å². The van der Waals surface area contributed by atoms with Crippen LogP contribution in [-0.2, 0) is 35.1 Å². The number of anilines is 2. The van der Waals surface area contributed by atoms with Crippen LogP contribution in [0, 0.1) is 5.92 Å². The fourth-order valence-corrected chi connectivity index (χ4v) is 8.14. The molecule has 17 nitrogen and oxygen atoms in total. The molecule has 21 heteroatoms. The van der Waals surface area contributed by atoms with Crippen LogP contribution in [0.3, 0.4) is 0 Å². The molecule has 0 saturated carbocycles. The minimum atomic E-state index is -4.34. The van der Waals surface area contributed by atoms with E-state index in [2.05, 4.69) is 29.9 Å². The fraction of sp³-hybridized carbons (Fsp3) is 0.565. The van der Waals surface area contributed by atoms with Crippen molar-refractivity contribution in [3.8, 4) is 0 Å². The summed E-state index contributed by atoms with van der Waals surface area (Å²) in [6.45, 7) is -2.80. The number of nitrogens with two attached hydrogens (primary N) is 2. The van der Waals surface area contributed by atoms with Crippen LogP contribution in [0.25, 0.3) is 22.3 Å². The normalized spacial score (nSPS) is 38.2. The molecule has 0 radical (unpaired) electrons. The van der Waals surface area contributed by atoms with Gasteiger partial charge >= 0.3 is 12.6 Å². The number of nitrogen functional groups attached to an aromatic ring is 2. The summed E-state index contributed by atoms with van der Waals surface area (Å²) in [6.07, 6.45) is -3.37. The summed E-state index contributed by atoms with van der Waals surface area (Å²) in [7, 11) is 0. The van der Waals surface area contributed by atoms with Gasteiger partial charge in [0.15, 0.2) is 41.2 Å². The Labute approximate surface area is 250 Å². The van der Waals surface area contributed by atoms with Crippen LogP contribution in [-0.4, -0.2) is 86.5 Å². The Balaban J connectivity index is 1.13. The molecule has 44 heavy (non-hydrogen) atoms. The highest BCUT2D eigenvalue weighted by molar-refractivity contribution is 8.07. The van der Waals surface area contributed by atoms with Gasteiger partial charge in [0.2, 0.25) is 5.95 Å². The molecule has 0 spiro atoms. The van der Waals surface area contributed by atoms with E-state index in [-0.39, 0.29) is 48.3 Å².